The number of carbonyl (C=O) groups is 1. The van der Waals surface area contributed by atoms with Crippen LogP contribution in [0.3, 0.4) is 0 Å². The Morgan fingerprint density at radius 3 is 2.94 bits per heavy atom. The average Bonchev–Trinajstić information content (AvgIpc) is 2.76. The zero-order valence-electron chi connectivity index (χ0n) is 8.80. The number of Topliss-reactive ketones (excluding diaryl/α,β-unsaturated/α-hetero) is 1. The summed E-state index contributed by atoms with van der Waals surface area (Å²) in [5.41, 5.74) is 0.825. The van der Waals surface area contributed by atoms with Crippen LogP contribution in [0.25, 0.3) is 0 Å². The van der Waals surface area contributed by atoms with Crippen molar-refractivity contribution in [3.8, 4) is 0 Å². The Hall–Kier alpha value is -0.570. The van der Waals surface area contributed by atoms with Gasteiger partial charge in [0.05, 0.1) is 0 Å². The lowest BCUT2D eigenvalue weighted by Crippen LogP contribution is -2.19. The summed E-state index contributed by atoms with van der Waals surface area (Å²) >= 11 is 11.9. The van der Waals surface area contributed by atoms with Crippen molar-refractivity contribution in [3.63, 3.8) is 0 Å². The van der Waals surface area contributed by atoms with Gasteiger partial charge in [0.2, 0.25) is 0 Å². The van der Waals surface area contributed by atoms with Crippen LogP contribution >= 0.6 is 23.2 Å². The van der Waals surface area contributed by atoms with E-state index in [9.17, 15) is 4.79 Å². The van der Waals surface area contributed by atoms with E-state index in [-0.39, 0.29) is 11.7 Å². The standard InChI is InChI=1S/C12H13Cl2NO/c13-10-1-2-11(14)9(5-10)6-12(16)8-3-4-15-7-8/h1-2,5,8,15H,3-4,6-7H2. The summed E-state index contributed by atoms with van der Waals surface area (Å²) in [6.07, 6.45) is 1.31. The number of carbonyl (C=O) groups excluding carboxylic acids is 1. The molecule has 0 aromatic heterocycles. The molecule has 1 N–H and O–H groups in total. The number of nitrogens with one attached hydrogen (secondary N) is 1. The summed E-state index contributed by atoms with van der Waals surface area (Å²) in [7, 11) is 0. The van der Waals surface area contributed by atoms with Crippen molar-refractivity contribution < 1.29 is 4.79 Å². The molecule has 1 aromatic rings. The van der Waals surface area contributed by atoms with Crippen LogP contribution in [0, 0.1) is 5.92 Å². The molecule has 2 rings (SSSR count). The molecule has 1 aromatic carbocycles. The number of hydrogen-bond acceptors (Lipinski definition) is 2. The average molecular weight is 258 g/mol. The van der Waals surface area contributed by atoms with Gasteiger partial charge >= 0.3 is 0 Å². The van der Waals surface area contributed by atoms with Crippen LogP contribution < -0.4 is 5.32 Å². The fourth-order valence-electron chi connectivity index (χ4n) is 1.94. The third-order valence-corrected chi connectivity index (χ3v) is 3.49. The SMILES string of the molecule is O=C(Cc1cc(Cl)ccc1Cl)C1CCNC1. The maximum absolute atomic E-state index is 11.9. The quantitative estimate of drug-likeness (QED) is 0.903. The Balaban J connectivity index is 2.07. The first-order valence-corrected chi connectivity index (χ1v) is 6.10. The molecule has 0 bridgehead atoms. The molecule has 1 atom stereocenters. The number of rotatable bonds is 3. The number of ketones is 1. The fraction of sp³-hybridized carbons (Fsp3) is 0.417. The molecular weight excluding hydrogens is 245 g/mol. The minimum atomic E-state index is 0.134. The molecule has 86 valence electrons. The van der Waals surface area contributed by atoms with Crippen LogP contribution in [0.1, 0.15) is 12.0 Å². The third kappa shape index (κ3) is 2.76. The van der Waals surface area contributed by atoms with Gasteiger partial charge in [0.25, 0.3) is 0 Å². The highest BCUT2D eigenvalue weighted by molar-refractivity contribution is 6.33. The largest absolute Gasteiger partial charge is 0.316 e. The highest BCUT2D eigenvalue weighted by atomic mass is 35.5. The molecule has 1 heterocycles. The summed E-state index contributed by atoms with van der Waals surface area (Å²) in [5.74, 6) is 0.379. The van der Waals surface area contributed by atoms with Crippen molar-refractivity contribution in [2.75, 3.05) is 13.1 Å². The van der Waals surface area contributed by atoms with Crippen LogP contribution in [0.5, 0.6) is 0 Å². The van der Waals surface area contributed by atoms with Gasteiger partial charge < -0.3 is 5.32 Å². The maximum atomic E-state index is 11.9. The molecule has 2 nitrogen and oxygen atoms in total. The molecule has 1 fully saturated rings. The molecule has 4 heteroatoms. The highest BCUT2D eigenvalue weighted by Crippen LogP contribution is 2.23. The summed E-state index contributed by atoms with van der Waals surface area (Å²) in [5, 5.41) is 4.42. The zero-order chi connectivity index (χ0) is 11.5. The van der Waals surface area contributed by atoms with Crippen molar-refractivity contribution >= 4 is 29.0 Å². The van der Waals surface area contributed by atoms with E-state index < -0.39 is 0 Å². The summed E-state index contributed by atoms with van der Waals surface area (Å²) < 4.78 is 0. The maximum Gasteiger partial charge on any atom is 0.141 e. The first kappa shape index (κ1) is 11.9. The normalized spacial score (nSPS) is 20.0. The monoisotopic (exact) mass is 257 g/mol. The van der Waals surface area contributed by atoms with Crippen LogP contribution in [0.4, 0.5) is 0 Å². The van der Waals surface area contributed by atoms with Crippen LogP contribution in [0.15, 0.2) is 18.2 Å². The van der Waals surface area contributed by atoms with Gasteiger partial charge in [-0.2, -0.15) is 0 Å². The molecular formula is C12H13Cl2NO. The van der Waals surface area contributed by atoms with E-state index in [0.29, 0.717) is 16.5 Å². The summed E-state index contributed by atoms with van der Waals surface area (Å²) in [4.78, 5) is 11.9. The zero-order valence-corrected chi connectivity index (χ0v) is 10.3. The molecule has 0 saturated carbocycles. The third-order valence-electron chi connectivity index (χ3n) is 2.89. The van der Waals surface area contributed by atoms with Crippen molar-refractivity contribution in [2.24, 2.45) is 5.92 Å². The fourth-order valence-corrected chi connectivity index (χ4v) is 2.32. The van der Waals surface area contributed by atoms with Crippen molar-refractivity contribution in [3.05, 3.63) is 33.8 Å². The molecule has 1 aliphatic heterocycles. The molecule has 1 saturated heterocycles. The van der Waals surface area contributed by atoms with E-state index in [1.54, 1.807) is 18.2 Å². The van der Waals surface area contributed by atoms with Gasteiger partial charge in [-0.15, -0.1) is 0 Å². The van der Waals surface area contributed by atoms with E-state index >= 15 is 0 Å². The van der Waals surface area contributed by atoms with Crippen molar-refractivity contribution in [2.45, 2.75) is 12.8 Å². The Morgan fingerprint density at radius 1 is 1.44 bits per heavy atom. The Labute approximate surface area is 105 Å². The lowest BCUT2D eigenvalue weighted by molar-refractivity contribution is -0.121. The predicted octanol–water partition coefficient (Wildman–Crippen LogP) is 2.71. The van der Waals surface area contributed by atoms with E-state index in [2.05, 4.69) is 5.32 Å². The number of halogens is 2. The van der Waals surface area contributed by atoms with Gasteiger partial charge in [-0.25, -0.2) is 0 Å². The lowest BCUT2D eigenvalue weighted by atomic mass is 9.97. The van der Waals surface area contributed by atoms with Gasteiger partial charge in [0.15, 0.2) is 0 Å². The molecule has 0 radical (unpaired) electrons. The second kappa shape index (κ2) is 5.17. The van der Waals surface area contributed by atoms with Crippen molar-refractivity contribution in [1.82, 2.24) is 5.32 Å². The Bertz CT molecular complexity index is 400. The van der Waals surface area contributed by atoms with Crippen LogP contribution in [-0.4, -0.2) is 18.9 Å². The van der Waals surface area contributed by atoms with Crippen LogP contribution in [0.2, 0.25) is 10.0 Å². The predicted molar refractivity (Wildman–Crippen MR) is 66.1 cm³/mol. The Kier molecular flexibility index (Phi) is 3.85. The molecule has 0 aliphatic carbocycles. The summed E-state index contributed by atoms with van der Waals surface area (Å²) in [6.45, 7) is 1.72. The minimum absolute atomic E-state index is 0.134. The number of hydrogen-bond donors (Lipinski definition) is 1. The molecule has 0 amide bonds. The topological polar surface area (TPSA) is 29.1 Å². The van der Waals surface area contributed by atoms with E-state index in [1.165, 1.54) is 0 Å². The highest BCUT2D eigenvalue weighted by Gasteiger charge is 2.22. The summed E-state index contributed by atoms with van der Waals surface area (Å²) in [6, 6.07) is 5.23. The van der Waals surface area contributed by atoms with Gasteiger partial charge in [0, 0.05) is 28.9 Å². The smallest absolute Gasteiger partial charge is 0.141 e. The minimum Gasteiger partial charge on any atom is -0.316 e. The number of benzene rings is 1. The Morgan fingerprint density at radius 2 is 2.25 bits per heavy atom. The first-order valence-electron chi connectivity index (χ1n) is 5.34. The van der Waals surface area contributed by atoms with E-state index in [1.807, 2.05) is 0 Å². The van der Waals surface area contributed by atoms with Gasteiger partial charge in [0.1, 0.15) is 5.78 Å². The van der Waals surface area contributed by atoms with Gasteiger partial charge in [-0.05, 0) is 36.7 Å². The molecule has 16 heavy (non-hydrogen) atoms. The second-order valence-electron chi connectivity index (χ2n) is 4.07. The molecule has 1 aliphatic rings. The lowest BCUT2D eigenvalue weighted by Gasteiger charge is -2.08. The molecule has 1 unspecified atom stereocenters. The van der Waals surface area contributed by atoms with Gasteiger partial charge in [-0.1, -0.05) is 23.2 Å². The molecule has 0 spiro atoms. The van der Waals surface area contributed by atoms with Crippen LogP contribution in [-0.2, 0) is 11.2 Å². The first-order chi connectivity index (χ1) is 7.66. The van der Waals surface area contributed by atoms with E-state index in [0.717, 1.165) is 25.1 Å². The van der Waals surface area contributed by atoms with E-state index in [4.69, 9.17) is 23.2 Å². The van der Waals surface area contributed by atoms with Crippen molar-refractivity contribution in [1.29, 1.82) is 0 Å². The van der Waals surface area contributed by atoms with Gasteiger partial charge in [-0.3, -0.25) is 4.79 Å². The second-order valence-corrected chi connectivity index (χ2v) is 4.91.